The highest BCUT2D eigenvalue weighted by atomic mass is 16.4. The molecule has 3 atom stereocenters. The molecule has 0 aromatic rings. The van der Waals surface area contributed by atoms with Crippen LogP contribution in [0.25, 0.3) is 0 Å². The first kappa shape index (κ1) is 11.0. The largest absolute Gasteiger partial charge is 0.481 e. The summed E-state index contributed by atoms with van der Waals surface area (Å²) in [5, 5.41) is 9.30. The Morgan fingerprint density at radius 2 is 1.93 bits per heavy atom. The third-order valence-corrected chi connectivity index (χ3v) is 5.34. The fourth-order valence-corrected chi connectivity index (χ4v) is 3.83. The van der Waals surface area contributed by atoms with Gasteiger partial charge in [0.2, 0.25) is 0 Å². The molecule has 2 bridgehead atoms. The maximum absolute atomic E-state index is 11.3. The number of carbonyl (C=O) groups is 1. The molecule has 3 unspecified atom stereocenters. The second kappa shape index (κ2) is 2.99. The lowest BCUT2D eigenvalue weighted by Crippen LogP contribution is -2.56. The fraction of sp³-hybridized carbons (Fsp3) is 0.923. The average molecular weight is 210 g/mol. The quantitative estimate of drug-likeness (QED) is 0.760. The summed E-state index contributed by atoms with van der Waals surface area (Å²) < 4.78 is 0. The molecule has 2 nitrogen and oxygen atoms in total. The first-order chi connectivity index (χ1) is 6.78. The van der Waals surface area contributed by atoms with Crippen molar-refractivity contribution in [3.63, 3.8) is 0 Å². The Bertz CT molecular complexity index is 289. The SMILES string of the molecule is CC(C)(C(=O)O)C1CCC2CC1C2(C)C. The molecule has 3 saturated carbocycles. The summed E-state index contributed by atoms with van der Waals surface area (Å²) in [6, 6.07) is 0. The van der Waals surface area contributed by atoms with Crippen LogP contribution in [0.15, 0.2) is 0 Å². The van der Waals surface area contributed by atoms with Gasteiger partial charge in [0.1, 0.15) is 0 Å². The predicted octanol–water partition coefficient (Wildman–Crippen LogP) is 3.17. The Kier molecular flexibility index (Phi) is 2.19. The molecule has 3 fully saturated rings. The predicted molar refractivity (Wildman–Crippen MR) is 59.5 cm³/mol. The van der Waals surface area contributed by atoms with Crippen LogP contribution in [0.5, 0.6) is 0 Å². The van der Waals surface area contributed by atoms with E-state index in [2.05, 4.69) is 13.8 Å². The molecule has 3 aliphatic rings. The topological polar surface area (TPSA) is 37.3 Å². The molecule has 1 N–H and O–H groups in total. The number of aliphatic carboxylic acids is 1. The fourth-order valence-electron chi connectivity index (χ4n) is 3.83. The maximum Gasteiger partial charge on any atom is 0.309 e. The minimum atomic E-state index is -0.631. The van der Waals surface area contributed by atoms with Crippen LogP contribution < -0.4 is 0 Å². The molecule has 0 aromatic heterocycles. The van der Waals surface area contributed by atoms with Crippen molar-refractivity contribution in [2.24, 2.45) is 28.6 Å². The van der Waals surface area contributed by atoms with E-state index in [4.69, 9.17) is 0 Å². The van der Waals surface area contributed by atoms with Crippen molar-refractivity contribution in [1.82, 2.24) is 0 Å². The van der Waals surface area contributed by atoms with Crippen LogP contribution in [0.1, 0.15) is 47.0 Å². The van der Waals surface area contributed by atoms with Crippen molar-refractivity contribution in [2.45, 2.75) is 47.0 Å². The number of carboxylic acid groups (broad SMARTS) is 1. The van der Waals surface area contributed by atoms with Crippen LogP contribution in [0.4, 0.5) is 0 Å². The normalized spacial score (nSPS) is 38.3. The van der Waals surface area contributed by atoms with Gasteiger partial charge in [0.05, 0.1) is 5.41 Å². The molecule has 0 radical (unpaired) electrons. The van der Waals surface area contributed by atoms with Crippen LogP contribution in [-0.4, -0.2) is 11.1 Å². The number of carboxylic acids is 1. The highest BCUT2D eigenvalue weighted by Gasteiger charge is 2.58. The third-order valence-electron chi connectivity index (χ3n) is 5.34. The zero-order chi connectivity index (χ0) is 11.4. The van der Waals surface area contributed by atoms with E-state index in [1.54, 1.807) is 0 Å². The Balaban J connectivity index is 2.21. The second-order valence-electron chi connectivity index (χ2n) is 6.57. The smallest absolute Gasteiger partial charge is 0.309 e. The van der Waals surface area contributed by atoms with E-state index in [9.17, 15) is 9.90 Å². The zero-order valence-corrected chi connectivity index (χ0v) is 10.2. The van der Waals surface area contributed by atoms with Crippen molar-refractivity contribution >= 4 is 5.97 Å². The second-order valence-corrected chi connectivity index (χ2v) is 6.57. The molecule has 0 aliphatic heterocycles. The summed E-state index contributed by atoms with van der Waals surface area (Å²) in [4.78, 5) is 11.3. The van der Waals surface area contributed by atoms with Crippen LogP contribution in [0.3, 0.4) is 0 Å². The highest BCUT2D eigenvalue weighted by Crippen LogP contribution is 2.64. The average Bonchev–Trinajstić information content (AvgIpc) is 2.17. The number of fused-ring (bicyclic) bond motifs is 2. The molecular weight excluding hydrogens is 188 g/mol. The third kappa shape index (κ3) is 1.33. The molecule has 0 heterocycles. The van der Waals surface area contributed by atoms with Gasteiger partial charge < -0.3 is 5.11 Å². The number of hydrogen-bond acceptors (Lipinski definition) is 1. The van der Waals surface area contributed by atoms with Gasteiger partial charge in [-0.1, -0.05) is 13.8 Å². The van der Waals surface area contributed by atoms with E-state index in [1.165, 1.54) is 12.8 Å². The van der Waals surface area contributed by atoms with E-state index in [0.29, 0.717) is 17.3 Å². The van der Waals surface area contributed by atoms with Gasteiger partial charge in [0.15, 0.2) is 0 Å². The van der Waals surface area contributed by atoms with E-state index in [1.807, 2.05) is 13.8 Å². The molecular formula is C13H22O2. The lowest BCUT2D eigenvalue weighted by molar-refractivity contribution is -0.171. The Morgan fingerprint density at radius 1 is 1.33 bits per heavy atom. The van der Waals surface area contributed by atoms with Crippen LogP contribution >= 0.6 is 0 Å². The molecule has 3 rings (SSSR count). The zero-order valence-electron chi connectivity index (χ0n) is 10.2. The van der Waals surface area contributed by atoms with Gasteiger partial charge in [-0.3, -0.25) is 4.79 Å². The van der Waals surface area contributed by atoms with Gasteiger partial charge in [-0.15, -0.1) is 0 Å². The molecule has 0 aromatic carbocycles. The Morgan fingerprint density at radius 3 is 2.33 bits per heavy atom. The Labute approximate surface area is 92.1 Å². The maximum atomic E-state index is 11.3. The van der Waals surface area contributed by atoms with Gasteiger partial charge in [-0.05, 0) is 56.3 Å². The van der Waals surface area contributed by atoms with Gasteiger partial charge >= 0.3 is 5.97 Å². The lowest BCUT2D eigenvalue weighted by Gasteiger charge is -2.62. The van der Waals surface area contributed by atoms with Crippen LogP contribution in [0.2, 0.25) is 0 Å². The summed E-state index contributed by atoms with van der Waals surface area (Å²) in [5.74, 6) is 1.22. The van der Waals surface area contributed by atoms with Crippen LogP contribution in [0, 0.1) is 28.6 Å². The van der Waals surface area contributed by atoms with Crippen molar-refractivity contribution in [1.29, 1.82) is 0 Å². The Hall–Kier alpha value is -0.530. The van der Waals surface area contributed by atoms with Crippen molar-refractivity contribution in [3.8, 4) is 0 Å². The van der Waals surface area contributed by atoms with Gasteiger partial charge in [-0.2, -0.15) is 0 Å². The first-order valence-corrected chi connectivity index (χ1v) is 6.01. The molecule has 86 valence electrons. The van der Waals surface area contributed by atoms with Crippen molar-refractivity contribution < 1.29 is 9.90 Å². The first-order valence-electron chi connectivity index (χ1n) is 6.01. The summed E-state index contributed by atoms with van der Waals surface area (Å²) in [5.41, 5.74) is -0.164. The number of rotatable bonds is 2. The highest BCUT2D eigenvalue weighted by molar-refractivity contribution is 5.74. The lowest BCUT2D eigenvalue weighted by atomic mass is 9.42. The minimum Gasteiger partial charge on any atom is -0.481 e. The van der Waals surface area contributed by atoms with E-state index in [-0.39, 0.29) is 0 Å². The van der Waals surface area contributed by atoms with Crippen LogP contribution in [-0.2, 0) is 4.79 Å². The van der Waals surface area contributed by atoms with Crippen molar-refractivity contribution in [2.75, 3.05) is 0 Å². The number of hydrogen-bond donors (Lipinski definition) is 1. The van der Waals surface area contributed by atoms with E-state index >= 15 is 0 Å². The minimum absolute atomic E-state index is 0.370. The van der Waals surface area contributed by atoms with Gasteiger partial charge in [0, 0.05) is 0 Å². The van der Waals surface area contributed by atoms with E-state index in [0.717, 1.165) is 12.3 Å². The summed E-state index contributed by atoms with van der Waals surface area (Å²) in [6.45, 7) is 8.43. The van der Waals surface area contributed by atoms with Gasteiger partial charge in [0.25, 0.3) is 0 Å². The molecule has 0 saturated heterocycles. The monoisotopic (exact) mass is 210 g/mol. The summed E-state index contributed by atoms with van der Waals surface area (Å²) in [7, 11) is 0. The molecule has 2 heteroatoms. The molecule has 0 spiro atoms. The van der Waals surface area contributed by atoms with Crippen molar-refractivity contribution in [3.05, 3.63) is 0 Å². The standard InChI is InChI=1S/C13H22O2/c1-12(2)8-5-6-9(10(12)7-8)13(3,4)11(14)15/h8-10H,5-7H2,1-4H3,(H,14,15). The van der Waals surface area contributed by atoms with E-state index < -0.39 is 11.4 Å². The molecule has 3 aliphatic carbocycles. The summed E-state index contributed by atoms with van der Waals surface area (Å²) in [6.07, 6.45) is 3.59. The molecule has 15 heavy (non-hydrogen) atoms. The molecule has 0 amide bonds. The van der Waals surface area contributed by atoms with Gasteiger partial charge in [-0.25, -0.2) is 0 Å². The summed E-state index contributed by atoms with van der Waals surface area (Å²) >= 11 is 0.